The SMILES string of the molecule is CCCCCO[Si](OC1CCCC1)(c1ccccc1)c1ccccc1. The Morgan fingerprint density at radius 1 is 0.840 bits per heavy atom. The highest BCUT2D eigenvalue weighted by Gasteiger charge is 2.45. The number of benzene rings is 2. The first-order chi connectivity index (χ1) is 12.3. The van der Waals surface area contributed by atoms with Crippen LogP contribution in [-0.2, 0) is 8.85 Å². The zero-order valence-electron chi connectivity index (χ0n) is 15.3. The summed E-state index contributed by atoms with van der Waals surface area (Å²) in [5.74, 6) is 0. The Morgan fingerprint density at radius 3 is 1.92 bits per heavy atom. The van der Waals surface area contributed by atoms with E-state index in [4.69, 9.17) is 8.85 Å². The fraction of sp³-hybridized carbons (Fsp3) is 0.455. The largest absolute Gasteiger partial charge is 0.407 e. The van der Waals surface area contributed by atoms with Crippen LogP contribution in [0.5, 0.6) is 0 Å². The predicted octanol–water partition coefficient (Wildman–Crippen LogP) is 4.41. The first-order valence-corrected chi connectivity index (χ1v) is 11.6. The molecule has 0 amide bonds. The quantitative estimate of drug-likeness (QED) is 0.490. The number of rotatable bonds is 9. The van der Waals surface area contributed by atoms with Crippen molar-refractivity contribution in [3.05, 3.63) is 60.7 Å². The molecular weight excluding hydrogens is 324 g/mol. The molecule has 3 rings (SSSR count). The summed E-state index contributed by atoms with van der Waals surface area (Å²) in [5.41, 5.74) is 0. The second-order valence-corrected chi connectivity index (χ2v) is 9.84. The standard InChI is InChI=1S/C22H30O2Si/c1-2-3-12-19-23-25(21-15-6-4-7-16-21,22-17-8-5-9-18-22)24-20-13-10-11-14-20/h4-9,15-18,20H,2-3,10-14,19H2,1H3. The lowest BCUT2D eigenvalue weighted by atomic mass is 10.3. The van der Waals surface area contributed by atoms with Crippen LogP contribution in [0.4, 0.5) is 0 Å². The molecule has 0 atom stereocenters. The van der Waals surface area contributed by atoms with E-state index in [1.54, 1.807) is 0 Å². The minimum atomic E-state index is -2.66. The number of hydrogen-bond donors (Lipinski definition) is 0. The van der Waals surface area contributed by atoms with Gasteiger partial charge >= 0.3 is 8.56 Å². The van der Waals surface area contributed by atoms with Crippen LogP contribution in [0.2, 0.25) is 0 Å². The summed E-state index contributed by atoms with van der Waals surface area (Å²) in [5, 5.41) is 2.45. The van der Waals surface area contributed by atoms with E-state index in [0.717, 1.165) is 25.9 Å². The Balaban J connectivity index is 1.95. The van der Waals surface area contributed by atoms with Gasteiger partial charge in [-0.05, 0) is 29.6 Å². The monoisotopic (exact) mass is 354 g/mol. The summed E-state index contributed by atoms with van der Waals surface area (Å²) in [7, 11) is -2.66. The van der Waals surface area contributed by atoms with Crippen LogP contribution in [0, 0.1) is 0 Å². The van der Waals surface area contributed by atoms with Gasteiger partial charge in [-0.3, -0.25) is 0 Å². The third-order valence-electron chi connectivity index (χ3n) is 5.00. The molecule has 25 heavy (non-hydrogen) atoms. The zero-order chi connectivity index (χ0) is 17.4. The molecule has 2 aromatic rings. The fourth-order valence-corrected chi connectivity index (χ4v) is 7.03. The summed E-state index contributed by atoms with van der Waals surface area (Å²) in [6, 6.07) is 21.3. The molecule has 0 saturated heterocycles. The Bertz CT molecular complexity index is 569. The van der Waals surface area contributed by atoms with Crippen LogP contribution in [-0.4, -0.2) is 21.3 Å². The average Bonchev–Trinajstić information content (AvgIpc) is 3.19. The lowest BCUT2D eigenvalue weighted by Crippen LogP contribution is -2.64. The van der Waals surface area contributed by atoms with Gasteiger partial charge < -0.3 is 8.85 Å². The van der Waals surface area contributed by atoms with Crippen LogP contribution in [0.1, 0.15) is 51.9 Å². The van der Waals surface area contributed by atoms with Gasteiger partial charge in [-0.1, -0.05) is 93.3 Å². The van der Waals surface area contributed by atoms with Crippen molar-refractivity contribution in [2.24, 2.45) is 0 Å². The fourth-order valence-electron chi connectivity index (χ4n) is 3.63. The van der Waals surface area contributed by atoms with Gasteiger partial charge in [0.25, 0.3) is 0 Å². The van der Waals surface area contributed by atoms with E-state index in [2.05, 4.69) is 67.6 Å². The van der Waals surface area contributed by atoms with Crippen molar-refractivity contribution >= 4 is 18.9 Å². The molecule has 1 saturated carbocycles. The lowest BCUT2D eigenvalue weighted by molar-refractivity contribution is 0.133. The highest BCUT2D eigenvalue weighted by molar-refractivity contribution is 6.92. The molecule has 0 spiro atoms. The summed E-state index contributed by atoms with van der Waals surface area (Å²) in [6.07, 6.45) is 8.70. The molecule has 1 aliphatic rings. The molecule has 3 heteroatoms. The molecule has 0 unspecified atom stereocenters. The van der Waals surface area contributed by atoms with Crippen molar-refractivity contribution in [3.8, 4) is 0 Å². The van der Waals surface area contributed by atoms with E-state index < -0.39 is 8.56 Å². The van der Waals surface area contributed by atoms with Crippen molar-refractivity contribution < 1.29 is 8.85 Å². The van der Waals surface area contributed by atoms with Gasteiger partial charge in [0.15, 0.2) is 0 Å². The van der Waals surface area contributed by atoms with Crippen molar-refractivity contribution in [2.75, 3.05) is 6.61 Å². The van der Waals surface area contributed by atoms with Crippen molar-refractivity contribution in [1.29, 1.82) is 0 Å². The number of unbranched alkanes of at least 4 members (excludes halogenated alkanes) is 2. The molecule has 2 aromatic carbocycles. The van der Waals surface area contributed by atoms with E-state index in [1.807, 2.05) is 0 Å². The highest BCUT2D eigenvalue weighted by Crippen LogP contribution is 2.25. The second kappa shape index (κ2) is 9.32. The van der Waals surface area contributed by atoms with Crippen LogP contribution in [0.25, 0.3) is 0 Å². The van der Waals surface area contributed by atoms with Gasteiger partial charge in [0, 0.05) is 12.7 Å². The molecule has 0 bridgehead atoms. The lowest BCUT2D eigenvalue weighted by Gasteiger charge is -2.34. The molecule has 0 heterocycles. The normalized spacial score (nSPS) is 15.6. The summed E-state index contributed by atoms with van der Waals surface area (Å²) >= 11 is 0. The van der Waals surface area contributed by atoms with E-state index >= 15 is 0 Å². The Kier molecular flexibility index (Phi) is 6.85. The van der Waals surface area contributed by atoms with Gasteiger partial charge in [-0.2, -0.15) is 0 Å². The second-order valence-electron chi connectivity index (χ2n) is 6.93. The maximum absolute atomic E-state index is 6.87. The summed E-state index contributed by atoms with van der Waals surface area (Å²) in [6.45, 7) is 3.00. The first-order valence-electron chi connectivity index (χ1n) is 9.78. The van der Waals surface area contributed by atoms with Crippen LogP contribution < -0.4 is 10.4 Å². The van der Waals surface area contributed by atoms with E-state index in [-0.39, 0.29) is 0 Å². The average molecular weight is 355 g/mol. The molecule has 1 fully saturated rings. The minimum absolute atomic E-state index is 0.332. The molecule has 2 nitrogen and oxygen atoms in total. The molecule has 0 aliphatic heterocycles. The molecule has 0 N–H and O–H groups in total. The maximum atomic E-state index is 6.87. The summed E-state index contributed by atoms with van der Waals surface area (Å²) in [4.78, 5) is 0. The van der Waals surface area contributed by atoms with Crippen LogP contribution in [0.3, 0.4) is 0 Å². The Morgan fingerprint density at radius 2 is 1.40 bits per heavy atom. The van der Waals surface area contributed by atoms with Gasteiger partial charge in [-0.25, -0.2) is 0 Å². The van der Waals surface area contributed by atoms with Gasteiger partial charge in [0.2, 0.25) is 0 Å². The van der Waals surface area contributed by atoms with Crippen LogP contribution in [0.15, 0.2) is 60.7 Å². The number of hydrogen-bond acceptors (Lipinski definition) is 2. The first kappa shape index (κ1) is 18.4. The van der Waals surface area contributed by atoms with Crippen molar-refractivity contribution in [3.63, 3.8) is 0 Å². The molecule has 0 radical (unpaired) electrons. The third-order valence-corrected chi connectivity index (χ3v) is 8.46. The van der Waals surface area contributed by atoms with Crippen molar-refractivity contribution in [1.82, 2.24) is 0 Å². The molecule has 0 aromatic heterocycles. The minimum Gasteiger partial charge on any atom is -0.388 e. The predicted molar refractivity (Wildman–Crippen MR) is 107 cm³/mol. The molecular formula is C22H30O2Si. The van der Waals surface area contributed by atoms with E-state index in [9.17, 15) is 0 Å². The van der Waals surface area contributed by atoms with Gasteiger partial charge in [-0.15, -0.1) is 0 Å². The van der Waals surface area contributed by atoms with Crippen molar-refractivity contribution in [2.45, 2.75) is 58.0 Å². The molecule has 134 valence electrons. The Hall–Kier alpha value is -1.42. The summed E-state index contributed by atoms with van der Waals surface area (Å²) < 4.78 is 13.6. The Labute approximate surface area is 153 Å². The molecule has 1 aliphatic carbocycles. The van der Waals surface area contributed by atoms with Gasteiger partial charge in [0.1, 0.15) is 0 Å². The third kappa shape index (κ3) is 4.60. The smallest absolute Gasteiger partial charge is 0.388 e. The highest BCUT2D eigenvalue weighted by atomic mass is 28.4. The van der Waals surface area contributed by atoms with E-state index in [1.165, 1.54) is 36.1 Å². The maximum Gasteiger partial charge on any atom is 0.407 e. The topological polar surface area (TPSA) is 18.5 Å². The van der Waals surface area contributed by atoms with E-state index in [0.29, 0.717) is 6.10 Å². The van der Waals surface area contributed by atoms with Gasteiger partial charge in [0.05, 0.1) is 0 Å². The van der Waals surface area contributed by atoms with Crippen LogP contribution >= 0.6 is 0 Å². The zero-order valence-corrected chi connectivity index (χ0v) is 16.3.